The minimum Gasteiger partial charge on any atom is -0.462 e. The number of hydrogen-bond acceptors (Lipinski definition) is 9. The number of hydrogen-bond donors (Lipinski definition) is 4. The largest absolute Gasteiger partial charge is 0.462 e. The van der Waals surface area contributed by atoms with Crippen LogP contribution in [0.2, 0.25) is 0 Å². The molecule has 0 aromatic rings. The van der Waals surface area contributed by atoms with Gasteiger partial charge in [0.15, 0.2) is 0 Å². The second-order valence-corrected chi connectivity index (χ2v) is 16.3. The third kappa shape index (κ3) is 4.57. The van der Waals surface area contributed by atoms with Crippen molar-refractivity contribution in [1.82, 2.24) is 0 Å². The standard InChI is InChI=1S/C34H54O9/c1-18(35)42-27-15-24-29(3,4)25(37)16-28(43-19(2)36)33(24,9)23-12-13-31(7)21(10-11-22(31)32(23,27)8)20-14-26(38)34(40,41-17-20)30(5,6)39/h11,20-21,23-28,37-40H,10,12-17H2,1-9H3. The first-order valence-corrected chi connectivity index (χ1v) is 16.2. The number of esters is 2. The fourth-order valence-electron chi connectivity index (χ4n) is 11.1. The molecule has 4 aliphatic carbocycles. The van der Waals surface area contributed by atoms with Crippen LogP contribution < -0.4 is 0 Å². The van der Waals surface area contributed by atoms with Gasteiger partial charge in [-0.05, 0) is 80.5 Å². The molecule has 5 rings (SSSR count). The van der Waals surface area contributed by atoms with Crippen LogP contribution in [0.15, 0.2) is 11.6 Å². The predicted octanol–water partition coefficient (Wildman–Crippen LogP) is 3.89. The van der Waals surface area contributed by atoms with Crippen LogP contribution >= 0.6 is 0 Å². The molecule has 0 bridgehead atoms. The number of allylic oxidation sites excluding steroid dienone is 1. The van der Waals surface area contributed by atoms with E-state index in [1.165, 1.54) is 33.3 Å². The molecule has 0 amide bonds. The van der Waals surface area contributed by atoms with E-state index >= 15 is 0 Å². The fourth-order valence-corrected chi connectivity index (χ4v) is 11.1. The third-order valence-corrected chi connectivity index (χ3v) is 13.3. The van der Waals surface area contributed by atoms with Crippen LogP contribution in [-0.2, 0) is 23.8 Å². The van der Waals surface area contributed by atoms with Gasteiger partial charge in [-0.2, -0.15) is 0 Å². The van der Waals surface area contributed by atoms with E-state index in [2.05, 4.69) is 40.7 Å². The van der Waals surface area contributed by atoms with E-state index in [9.17, 15) is 30.0 Å². The Morgan fingerprint density at radius 3 is 2.09 bits per heavy atom. The number of rotatable bonds is 4. The van der Waals surface area contributed by atoms with Crippen LogP contribution in [-0.4, -0.2) is 74.8 Å². The normalized spacial score (nSPS) is 49.2. The fraction of sp³-hybridized carbons (Fsp3) is 0.882. The molecule has 0 aromatic heterocycles. The topological polar surface area (TPSA) is 143 Å². The smallest absolute Gasteiger partial charge is 0.302 e. The van der Waals surface area contributed by atoms with Gasteiger partial charge in [0.25, 0.3) is 0 Å². The van der Waals surface area contributed by atoms with Gasteiger partial charge >= 0.3 is 11.9 Å². The van der Waals surface area contributed by atoms with Crippen molar-refractivity contribution in [2.75, 3.05) is 6.61 Å². The molecule has 12 unspecified atom stereocenters. The molecule has 1 heterocycles. The zero-order chi connectivity index (χ0) is 32.1. The van der Waals surface area contributed by atoms with E-state index in [-0.39, 0.29) is 47.6 Å². The van der Waals surface area contributed by atoms with Gasteiger partial charge in [0, 0.05) is 31.1 Å². The monoisotopic (exact) mass is 606 g/mol. The van der Waals surface area contributed by atoms with E-state index in [4.69, 9.17) is 14.2 Å². The van der Waals surface area contributed by atoms with Crippen molar-refractivity contribution in [3.63, 3.8) is 0 Å². The molecular formula is C34H54O9. The van der Waals surface area contributed by atoms with Crippen molar-refractivity contribution in [3.8, 4) is 0 Å². The van der Waals surface area contributed by atoms with Crippen molar-refractivity contribution in [1.29, 1.82) is 0 Å². The maximum Gasteiger partial charge on any atom is 0.302 e. The Morgan fingerprint density at radius 1 is 0.930 bits per heavy atom. The maximum absolute atomic E-state index is 12.6. The van der Waals surface area contributed by atoms with Crippen LogP contribution in [0.25, 0.3) is 0 Å². The van der Waals surface area contributed by atoms with Crippen LogP contribution in [0, 0.1) is 45.3 Å². The van der Waals surface area contributed by atoms with Crippen molar-refractivity contribution in [2.24, 2.45) is 45.3 Å². The summed E-state index contributed by atoms with van der Waals surface area (Å²) < 4.78 is 18.1. The summed E-state index contributed by atoms with van der Waals surface area (Å²) in [4.78, 5) is 25.0. The molecule has 244 valence electrons. The Labute approximate surface area is 256 Å². The highest BCUT2D eigenvalue weighted by Crippen LogP contribution is 2.74. The SMILES string of the molecule is CC(=O)OC1CC2C(C)(C)C(O)CC(OC(C)=O)C2(C)C2CCC3(C)C(=CCC3C3COC(O)(C(C)(C)O)C(O)C3)C12C. The highest BCUT2D eigenvalue weighted by molar-refractivity contribution is 5.67. The van der Waals surface area contributed by atoms with Crippen LogP contribution in [0.3, 0.4) is 0 Å². The minimum atomic E-state index is -2.04. The van der Waals surface area contributed by atoms with Gasteiger partial charge in [0.1, 0.15) is 23.9 Å². The predicted molar refractivity (Wildman–Crippen MR) is 158 cm³/mol. The lowest BCUT2D eigenvalue weighted by Gasteiger charge is -2.70. The first kappa shape index (κ1) is 32.9. The molecule has 4 fully saturated rings. The summed E-state index contributed by atoms with van der Waals surface area (Å²) in [6, 6.07) is 0. The van der Waals surface area contributed by atoms with Gasteiger partial charge in [0.05, 0.1) is 12.7 Å². The lowest BCUT2D eigenvalue weighted by molar-refractivity contribution is -0.353. The molecule has 5 aliphatic rings. The summed E-state index contributed by atoms with van der Waals surface area (Å²) in [5.74, 6) is -2.70. The summed E-state index contributed by atoms with van der Waals surface area (Å²) >= 11 is 0. The average Bonchev–Trinajstić information content (AvgIpc) is 3.23. The molecule has 12 atom stereocenters. The number of aliphatic hydroxyl groups excluding tert-OH is 2. The van der Waals surface area contributed by atoms with Gasteiger partial charge in [-0.15, -0.1) is 0 Å². The molecular weight excluding hydrogens is 552 g/mol. The van der Waals surface area contributed by atoms with Crippen LogP contribution in [0.5, 0.6) is 0 Å². The minimum absolute atomic E-state index is 0.0192. The second kappa shape index (κ2) is 10.2. The molecule has 9 heteroatoms. The molecule has 43 heavy (non-hydrogen) atoms. The zero-order valence-electron chi connectivity index (χ0n) is 27.5. The Kier molecular flexibility index (Phi) is 7.83. The number of carbonyl (C=O) groups is 2. The van der Waals surface area contributed by atoms with Gasteiger partial charge < -0.3 is 34.6 Å². The molecule has 0 radical (unpaired) electrons. The third-order valence-electron chi connectivity index (χ3n) is 13.3. The van der Waals surface area contributed by atoms with E-state index < -0.39 is 52.0 Å². The molecule has 0 aromatic carbocycles. The lowest BCUT2D eigenvalue weighted by atomic mass is 9.36. The summed E-state index contributed by atoms with van der Waals surface area (Å²) in [6.07, 6.45) is 3.17. The maximum atomic E-state index is 12.6. The van der Waals surface area contributed by atoms with Crippen LogP contribution in [0.1, 0.15) is 101 Å². The van der Waals surface area contributed by atoms with E-state index in [1.807, 2.05) is 0 Å². The highest BCUT2D eigenvalue weighted by atomic mass is 16.7. The van der Waals surface area contributed by atoms with Crippen molar-refractivity contribution >= 4 is 11.9 Å². The average molecular weight is 607 g/mol. The van der Waals surface area contributed by atoms with Crippen molar-refractivity contribution in [2.45, 2.75) is 137 Å². The van der Waals surface area contributed by atoms with E-state index in [0.29, 0.717) is 19.3 Å². The number of carbonyl (C=O) groups excluding carboxylic acids is 2. The van der Waals surface area contributed by atoms with Gasteiger partial charge in [-0.1, -0.05) is 46.3 Å². The second-order valence-electron chi connectivity index (χ2n) is 16.3. The first-order valence-electron chi connectivity index (χ1n) is 16.2. The molecule has 4 N–H and O–H groups in total. The molecule has 0 spiro atoms. The summed E-state index contributed by atoms with van der Waals surface area (Å²) in [6.45, 7) is 16.9. The Morgan fingerprint density at radius 2 is 1.53 bits per heavy atom. The lowest BCUT2D eigenvalue weighted by Crippen LogP contribution is -2.70. The molecule has 1 aliphatic heterocycles. The van der Waals surface area contributed by atoms with Gasteiger partial charge in [-0.3, -0.25) is 9.59 Å². The van der Waals surface area contributed by atoms with E-state index in [1.54, 1.807) is 0 Å². The summed E-state index contributed by atoms with van der Waals surface area (Å²) in [7, 11) is 0. The Balaban J connectivity index is 1.54. The number of ether oxygens (including phenoxy) is 3. The van der Waals surface area contributed by atoms with Crippen molar-refractivity contribution < 1.29 is 44.2 Å². The Hall–Kier alpha value is -1.52. The summed E-state index contributed by atoms with van der Waals surface area (Å²) in [5, 5.41) is 43.9. The van der Waals surface area contributed by atoms with Gasteiger partial charge in [0.2, 0.25) is 5.79 Å². The van der Waals surface area contributed by atoms with E-state index in [0.717, 1.165) is 19.3 Å². The van der Waals surface area contributed by atoms with Gasteiger partial charge in [-0.25, -0.2) is 0 Å². The first-order chi connectivity index (χ1) is 19.6. The summed E-state index contributed by atoms with van der Waals surface area (Å²) in [5.41, 5.74) is -2.14. The number of aliphatic hydroxyl groups is 4. The number of fused-ring (bicyclic) bond motifs is 5. The highest BCUT2D eigenvalue weighted by Gasteiger charge is 2.72. The van der Waals surface area contributed by atoms with Crippen LogP contribution in [0.4, 0.5) is 0 Å². The van der Waals surface area contributed by atoms with Crippen molar-refractivity contribution in [3.05, 3.63) is 11.6 Å². The molecule has 3 saturated carbocycles. The molecule has 1 saturated heterocycles. The zero-order valence-corrected chi connectivity index (χ0v) is 27.5. The Bertz CT molecular complexity index is 1170. The quantitative estimate of drug-likeness (QED) is 0.277. The molecule has 9 nitrogen and oxygen atoms in total.